The smallest absolute Gasteiger partial charge is 0.387 e. The van der Waals surface area contributed by atoms with Gasteiger partial charge in [-0.15, -0.1) is 0 Å². The highest BCUT2D eigenvalue weighted by Crippen LogP contribution is 2.60. The van der Waals surface area contributed by atoms with E-state index in [1.807, 2.05) is 0 Å². The second-order valence-electron chi connectivity index (χ2n) is 9.49. The van der Waals surface area contributed by atoms with Crippen molar-refractivity contribution in [2.75, 3.05) is 18.9 Å². The van der Waals surface area contributed by atoms with E-state index in [-0.39, 0.29) is 22.5 Å². The number of phosphoric acid groups is 2. The first-order valence-electron chi connectivity index (χ1n) is 12.4. The fourth-order valence-corrected chi connectivity index (χ4v) is 6.61. The summed E-state index contributed by atoms with van der Waals surface area (Å²) in [4.78, 5) is 42.9. The number of anilines is 1. The number of fused-ring (bicyclic) bond motifs is 1. The highest BCUT2D eigenvalue weighted by Gasteiger charge is 2.50. The van der Waals surface area contributed by atoms with Gasteiger partial charge in [-0.3, -0.25) is 18.4 Å². The Labute approximate surface area is 241 Å². The summed E-state index contributed by atoms with van der Waals surface area (Å²) >= 11 is 0. The van der Waals surface area contributed by atoms with Crippen molar-refractivity contribution in [3.8, 4) is 0 Å². The summed E-state index contributed by atoms with van der Waals surface area (Å²) in [6, 6.07) is 2.98. The Morgan fingerprint density at radius 1 is 0.977 bits per heavy atom. The summed E-state index contributed by atoms with van der Waals surface area (Å²) < 4.78 is 52.0. The highest BCUT2D eigenvalue weighted by molar-refractivity contribution is 7.61. The maximum atomic E-state index is 12.4. The van der Waals surface area contributed by atoms with Gasteiger partial charge in [0, 0.05) is 6.07 Å². The van der Waals surface area contributed by atoms with Crippen LogP contribution in [0.15, 0.2) is 37.2 Å². The van der Waals surface area contributed by atoms with E-state index in [2.05, 4.69) is 23.8 Å². The highest BCUT2D eigenvalue weighted by atomic mass is 31.3. The Hall–Kier alpha value is -2.81. The number of aliphatic hydroxyl groups excluding tert-OH is 4. The molecule has 2 unspecified atom stereocenters. The van der Waals surface area contributed by atoms with E-state index in [0.717, 1.165) is 6.33 Å². The summed E-state index contributed by atoms with van der Waals surface area (Å²) in [6.45, 7) is -1.76. The molecule has 2 aliphatic rings. The fraction of sp³-hybridized carbons (Fsp3) is 0.476. The van der Waals surface area contributed by atoms with Gasteiger partial charge in [0.1, 0.15) is 42.4 Å². The number of nitrogens with zero attached hydrogens (tertiary/aromatic N) is 5. The van der Waals surface area contributed by atoms with Gasteiger partial charge in [0.25, 0.3) is 6.23 Å². The van der Waals surface area contributed by atoms with Gasteiger partial charge < -0.3 is 45.4 Å². The van der Waals surface area contributed by atoms with Crippen LogP contribution in [0, 0.1) is 0 Å². The topological polar surface area (TPSA) is 292 Å². The number of ether oxygens (including phenoxy) is 2. The van der Waals surface area contributed by atoms with Gasteiger partial charge in [0.05, 0.1) is 25.1 Å². The minimum atomic E-state index is -5.35. The van der Waals surface area contributed by atoms with Gasteiger partial charge in [-0.05, 0) is 6.07 Å². The molecule has 2 fully saturated rings. The zero-order chi connectivity index (χ0) is 31.1. The Balaban J connectivity index is 1.16. The number of hydrogen-bond acceptors (Lipinski definition) is 16. The fourth-order valence-electron chi connectivity index (χ4n) is 4.52. The Morgan fingerprint density at radius 3 is 2.30 bits per heavy atom. The zero-order valence-corrected chi connectivity index (χ0v) is 23.5. The predicted octanol–water partition coefficient (Wildman–Crippen LogP) is -2.30. The van der Waals surface area contributed by atoms with Gasteiger partial charge in [0.2, 0.25) is 0 Å². The number of pyridine rings is 1. The number of rotatable bonds is 11. The quantitative estimate of drug-likeness (QED) is 0.0652. The molecule has 0 aliphatic carbocycles. The van der Waals surface area contributed by atoms with Crippen LogP contribution >= 0.6 is 15.6 Å². The second-order valence-corrected chi connectivity index (χ2v) is 12.5. The van der Waals surface area contributed by atoms with E-state index in [0.29, 0.717) is 6.29 Å². The number of aromatic nitrogens is 5. The number of imidazole rings is 1. The minimum absolute atomic E-state index is 0.0546. The van der Waals surface area contributed by atoms with E-state index in [9.17, 15) is 44.1 Å². The van der Waals surface area contributed by atoms with Gasteiger partial charge in [-0.2, -0.15) is 8.88 Å². The van der Waals surface area contributed by atoms with Crippen LogP contribution in [-0.2, 0) is 32.0 Å². The number of nitrogen functional groups attached to an aromatic ring is 1. The number of aldehydes is 1. The van der Waals surface area contributed by atoms with E-state index >= 15 is 0 Å². The lowest BCUT2D eigenvalue weighted by Gasteiger charge is -2.20. The molecule has 0 radical (unpaired) electrons. The average Bonchev–Trinajstić information content (AvgIpc) is 3.61. The van der Waals surface area contributed by atoms with E-state index < -0.39 is 77.9 Å². The molecule has 20 nitrogen and oxygen atoms in total. The third kappa shape index (κ3) is 6.66. The number of nitrogens with two attached hydrogens (primary N) is 1. The van der Waals surface area contributed by atoms with Crippen molar-refractivity contribution in [1.82, 2.24) is 19.5 Å². The molecule has 0 bridgehead atoms. The maximum Gasteiger partial charge on any atom is 0.481 e. The molecular weight excluding hydrogens is 622 g/mol. The molecule has 8 N–H and O–H groups in total. The molecule has 5 rings (SSSR count). The van der Waals surface area contributed by atoms with Crippen LogP contribution in [0.3, 0.4) is 0 Å². The largest absolute Gasteiger partial charge is 0.481 e. The third-order valence-electron chi connectivity index (χ3n) is 6.62. The van der Waals surface area contributed by atoms with Crippen LogP contribution < -0.4 is 10.3 Å². The van der Waals surface area contributed by atoms with E-state index in [4.69, 9.17) is 19.7 Å². The molecule has 2 aliphatic heterocycles. The van der Waals surface area contributed by atoms with Crippen LogP contribution in [0.1, 0.15) is 22.8 Å². The van der Waals surface area contributed by atoms with Gasteiger partial charge in [-0.25, -0.2) is 24.1 Å². The molecule has 3 aromatic rings. The number of carbonyl (C=O) groups excluding carboxylic acids is 1. The number of hydrogen-bond donors (Lipinski definition) is 7. The minimum Gasteiger partial charge on any atom is -0.387 e. The zero-order valence-electron chi connectivity index (χ0n) is 21.7. The molecule has 234 valence electrons. The van der Waals surface area contributed by atoms with E-state index in [1.165, 1.54) is 40.0 Å². The summed E-state index contributed by atoms with van der Waals surface area (Å²) in [5.74, 6) is 0.0546. The average molecular weight is 649 g/mol. The Kier molecular flexibility index (Phi) is 9.04. The van der Waals surface area contributed by atoms with Gasteiger partial charge in [-0.1, -0.05) is 0 Å². The number of carbonyl (C=O) groups is 1. The predicted molar refractivity (Wildman–Crippen MR) is 136 cm³/mol. The third-order valence-corrected chi connectivity index (χ3v) is 9.22. The van der Waals surface area contributed by atoms with Crippen molar-refractivity contribution in [3.05, 3.63) is 42.7 Å². The summed E-state index contributed by atoms with van der Waals surface area (Å²) in [5.41, 5.74) is 6.36. The molecule has 3 aromatic heterocycles. The van der Waals surface area contributed by atoms with Crippen LogP contribution in [0.5, 0.6) is 0 Å². The van der Waals surface area contributed by atoms with Crippen LogP contribution in [-0.4, -0.2) is 106 Å². The van der Waals surface area contributed by atoms with Crippen LogP contribution in [0.2, 0.25) is 0 Å². The van der Waals surface area contributed by atoms with Crippen molar-refractivity contribution in [2.24, 2.45) is 0 Å². The maximum absolute atomic E-state index is 12.4. The van der Waals surface area contributed by atoms with Crippen molar-refractivity contribution >= 4 is 38.9 Å². The lowest BCUT2D eigenvalue weighted by Crippen LogP contribution is -2.46. The van der Waals surface area contributed by atoms with Crippen molar-refractivity contribution in [1.29, 1.82) is 0 Å². The molecule has 2 saturated heterocycles. The summed E-state index contributed by atoms with van der Waals surface area (Å²) in [6.07, 6.45) is -5.95. The molecule has 22 heteroatoms. The lowest BCUT2D eigenvalue weighted by atomic mass is 10.1. The lowest BCUT2D eigenvalue weighted by molar-refractivity contribution is -0.765. The van der Waals surface area contributed by atoms with Crippen molar-refractivity contribution in [3.63, 3.8) is 0 Å². The molecule has 43 heavy (non-hydrogen) atoms. The molecule has 0 aromatic carbocycles. The van der Waals surface area contributed by atoms with Crippen molar-refractivity contribution < 1.29 is 71.5 Å². The Morgan fingerprint density at radius 2 is 1.63 bits per heavy atom. The molecule has 0 amide bonds. The summed E-state index contributed by atoms with van der Waals surface area (Å²) in [7, 11) is -10.7. The molecule has 0 spiro atoms. The first-order valence-corrected chi connectivity index (χ1v) is 15.4. The molecule has 5 heterocycles. The second kappa shape index (κ2) is 12.3. The van der Waals surface area contributed by atoms with Crippen LogP contribution in [0.4, 0.5) is 5.82 Å². The monoisotopic (exact) mass is 649 g/mol. The van der Waals surface area contributed by atoms with Gasteiger partial charge in [0.15, 0.2) is 42.5 Å². The van der Waals surface area contributed by atoms with Gasteiger partial charge >= 0.3 is 15.6 Å². The normalized spacial score (nSPS) is 32.0. The molecule has 0 saturated carbocycles. The first-order chi connectivity index (χ1) is 20.3. The van der Waals surface area contributed by atoms with Crippen LogP contribution in [0.25, 0.3) is 11.2 Å². The van der Waals surface area contributed by atoms with E-state index in [1.54, 1.807) is 0 Å². The number of phosphoric ester groups is 2. The SMILES string of the molecule is Nc1ncnc2c1ncn2[C@@H]1O[C@H](COP(=O)(O)OP(=O)(O)OC[C@@H]2O[C@@H]([n+]3cccc(C=O)c3)[C@@H](O)[C@@H]2O)[C@H](O)[C@@H]1O. The standard InChI is InChI=1S/C21H26N6O14P2/c22-18-13-19(24-8-23-18)27(9-25-13)21-17(32)15(30)12(40-21)7-38-43(35,36)41-42(33,34)37-6-11-14(29)16(31)20(39-11)26-3-1-2-10(4-26)5-28/h1-5,8-9,11-12,14-17,20-21,29-32H,6-7H2,(H3-,22,23,24,33,34,35,36)/p+1/t11-,12+,14+,15-,16-,17-,20+,21+/m0/s1. The van der Waals surface area contributed by atoms with Crippen molar-refractivity contribution in [2.45, 2.75) is 49.1 Å². The number of aliphatic hydroxyl groups is 4. The molecular formula is C21H27N6O14P2+. The summed E-state index contributed by atoms with van der Waals surface area (Å²) in [5, 5.41) is 41.5. The first kappa shape index (κ1) is 31.6. The Bertz CT molecular complexity index is 1580. The molecule has 10 atom stereocenters.